The lowest BCUT2D eigenvalue weighted by Gasteiger charge is -2.45. The molecule has 0 heteroatoms. The second-order valence-corrected chi connectivity index (χ2v) is 6.94. The standard InChI is InChI=1S/C24H16/c1-2-15-24-18(9-1)14-13-17-8-4-11-20(23(17)24)19-10-3-6-16-7-5-12-21(24)22(16)19/h1-10,12-15H,11H2. The fourth-order valence-corrected chi connectivity index (χ4v) is 4.99. The summed E-state index contributed by atoms with van der Waals surface area (Å²) in [6.07, 6.45) is 19.3. The molecule has 0 N–H and O–H groups in total. The maximum atomic E-state index is 2.41. The minimum absolute atomic E-state index is 0.118. The first-order valence-corrected chi connectivity index (χ1v) is 8.61. The van der Waals surface area contributed by atoms with Crippen LogP contribution in [0.2, 0.25) is 0 Å². The minimum atomic E-state index is -0.118. The van der Waals surface area contributed by atoms with Gasteiger partial charge in [-0.2, -0.15) is 0 Å². The van der Waals surface area contributed by atoms with Crippen molar-refractivity contribution in [2.45, 2.75) is 11.8 Å². The van der Waals surface area contributed by atoms with Gasteiger partial charge < -0.3 is 0 Å². The Bertz CT molecular complexity index is 1110. The fourth-order valence-electron chi connectivity index (χ4n) is 4.99. The van der Waals surface area contributed by atoms with Crippen LogP contribution in [0.1, 0.15) is 17.5 Å². The highest BCUT2D eigenvalue weighted by atomic mass is 14.5. The van der Waals surface area contributed by atoms with Crippen molar-refractivity contribution in [3.05, 3.63) is 113 Å². The largest absolute Gasteiger partial charge is 0.0795 e. The summed E-state index contributed by atoms with van der Waals surface area (Å²) in [5, 5.41) is 2.78. The number of fused-ring (bicyclic) bond motifs is 1. The summed E-state index contributed by atoms with van der Waals surface area (Å²) in [4.78, 5) is 0. The van der Waals surface area contributed by atoms with E-state index in [2.05, 4.69) is 85.0 Å². The molecular weight excluding hydrogens is 288 g/mol. The molecule has 0 heterocycles. The normalized spacial score (nSPS) is 25.3. The summed E-state index contributed by atoms with van der Waals surface area (Å²) in [6, 6.07) is 13.5. The molecule has 0 amide bonds. The van der Waals surface area contributed by atoms with E-state index in [1.165, 1.54) is 44.2 Å². The van der Waals surface area contributed by atoms with Crippen molar-refractivity contribution < 1.29 is 0 Å². The van der Waals surface area contributed by atoms with E-state index in [9.17, 15) is 0 Å². The number of hydrogen-bond donors (Lipinski definition) is 0. The first-order chi connectivity index (χ1) is 11.9. The second kappa shape index (κ2) is 4.15. The second-order valence-electron chi connectivity index (χ2n) is 6.94. The van der Waals surface area contributed by atoms with Crippen molar-refractivity contribution >= 4 is 16.3 Å². The fraction of sp³-hybridized carbons (Fsp3) is 0.0833. The van der Waals surface area contributed by atoms with Crippen LogP contribution in [-0.4, -0.2) is 0 Å². The minimum Gasteiger partial charge on any atom is -0.0795 e. The molecule has 6 rings (SSSR count). The van der Waals surface area contributed by atoms with E-state index in [0.29, 0.717) is 0 Å². The lowest BCUT2D eigenvalue weighted by molar-refractivity contribution is 0.753. The zero-order chi connectivity index (χ0) is 15.7. The molecule has 0 aromatic heterocycles. The van der Waals surface area contributed by atoms with Gasteiger partial charge >= 0.3 is 0 Å². The SMILES string of the molecule is C1=CC2=CC=C3C=CCC4=C3C2(C=C1)c1cccc2cccc4c12. The number of hydrogen-bond acceptors (Lipinski definition) is 0. The van der Waals surface area contributed by atoms with Crippen LogP contribution in [0.15, 0.2) is 102 Å². The van der Waals surface area contributed by atoms with Crippen LogP contribution in [0.5, 0.6) is 0 Å². The molecule has 4 aliphatic carbocycles. The predicted molar refractivity (Wildman–Crippen MR) is 101 cm³/mol. The lowest BCUT2D eigenvalue weighted by Crippen LogP contribution is -2.35. The maximum absolute atomic E-state index is 2.41. The Morgan fingerprint density at radius 3 is 2.75 bits per heavy atom. The van der Waals surface area contributed by atoms with Crippen LogP contribution in [0.3, 0.4) is 0 Å². The smallest absolute Gasteiger partial charge is 0.0650 e. The van der Waals surface area contributed by atoms with E-state index < -0.39 is 0 Å². The van der Waals surface area contributed by atoms with Gasteiger partial charge in [0.2, 0.25) is 0 Å². The first-order valence-electron chi connectivity index (χ1n) is 8.61. The van der Waals surface area contributed by atoms with Gasteiger partial charge in [-0.25, -0.2) is 0 Å². The summed E-state index contributed by atoms with van der Waals surface area (Å²) in [5.41, 5.74) is 8.48. The first kappa shape index (κ1) is 12.5. The molecule has 2 aromatic carbocycles. The van der Waals surface area contributed by atoms with Gasteiger partial charge in [0, 0.05) is 0 Å². The Hall–Kier alpha value is -2.86. The van der Waals surface area contributed by atoms with Gasteiger partial charge in [-0.05, 0) is 50.6 Å². The van der Waals surface area contributed by atoms with Crippen LogP contribution in [0.4, 0.5) is 0 Å². The molecule has 4 aliphatic rings. The molecule has 0 fully saturated rings. The molecule has 1 atom stereocenters. The van der Waals surface area contributed by atoms with Crippen molar-refractivity contribution in [2.75, 3.05) is 0 Å². The third-order valence-corrected chi connectivity index (χ3v) is 5.89. The predicted octanol–water partition coefficient (Wildman–Crippen LogP) is 5.80. The molecule has 0 nitrogen and oxygen atoms in total. The lowest BCUT2D eigenvalue weighted by atomic mass is 9.56. The van der Waals surface area contributed by atoms with E-state index in [0.717, 1.165) is 6.42 Å². The highest BCUT2D eigenvalue weighted by molar-refractivity contribution is 6.04. The Morgan fingerprint density at radius 2 is 1.79 bits per heavy atom. The van der Waals surface area contributed by atoms with Gasteiger partial charge in [-0.15, -0.1) is 0 Å². The zero-order valence-electron chi connectivity index (χ0n) is 13.3. The van der Waals surface area contributed by atoms with Crippen LogP contribution in [-0.2, 0) is 5.41 Å². The highest BCUT2D eigenvalue weighted by Gasteiger charge is 2.46. The summed E-state index contributed by atoms with van der Waals surface area (Å²) >= 11 is 0. The van der Waals surface area contributed by atoms with Gasteiger partial charge in [-0.3, -0.25) is 0 Å². The van der Waals surface area contributed by atoms with Crippen molar-refractivity contribution in [2.24, 2.45) is 0 Å². The van der Waals surface area contributed by atoms with Crippen molar-refractivity contribution in [1.29, 1.82) is 0 Å². The molecule has 112 valence electrons. The van der Waals surface area contributed by atoms with Gasteiger partial charge in [0.25, 0.3) is 0 Å². The number of allylic oxidation sites excluding steroid dienone is 12. The van der Waals surface area contributed by atoms with Crippen LogP contribution in [0.25, 0.3) is 16.3 Å². The Balaban J connectivity index is 1.88. The molecular formula is C24H16. The molecule has 24 heavy (non-hydrogen) atoms. The van der Waals surface area contributed by atoms with E-state index in [1.54, 1.807) is 0 Å². The van der Waals surface area contributed by atoms with E-state index in [4.69, 9.17) is 0 Å². The molecule has 1 unspecified atom stereocenters. The molecule has 1 spiro atoms. The van der Waals surface area contributed by atoms with Gasteiger partial charge in [-0.1, -0.05) is 85.0 Å². The van der Waals surface area contributed by atoms with E-state index in [1.807, 2.05) is 0 Å². The van der Waals surface area contributed by atoms with Gasteiger partial charge in [0.05, 0.1) is 5.41 Å². The van der Waals surface area contributed by atoms with Crippen molar-refractivity contribution in [1.82, 2.24) is 0 Å². The molecule has 0 bridgehead atoms. The average molecular weight is 304 g/mol. The Labute approximate surface area is 141 Å². The number of rotatable bonds is 0. The van der Waals surface area contributed by atoms with Crippen molar-refractivity contribution in [3.63, 3.8) is 0 Å². The van der Waals surface area contributed by atoms with Gasteiger partial charge in [0.1, 0.15) is 0 Å². The quantitative estimate of drug-likeness (QED) is 0.577. The van der Waals surface area contributed by atoms with Crippen LogP contribution >= 0.6 is 0 Å². The average Bonchev–Trinajstić information content (AvgIpc) is 2.65. The molecule has 0 radical (unpaired) electrons. The zero-order valence-corrected chi connectivity index (χ0v) is 13.3. The van der Waals surface area contributed by atoms with Crippen LogP contribution < -0.4 is 0 Å². The summed E-state index contributed by atoms with van der Waals surface area (Å²) < 4.78 is 0. The summed E-state index contributed by atoms with van der Waals surface area (Å²) in [6.45, 7) is 0. The summed E-state index contributed by atoms with van der Waals surface area (Å²) in [7, 11) is 0. The highest BCUT2D eigenvalue weighted by Crippen LogP contribution is 2.57. The topological polar surface area (TPSA) is 0 Å². The molecule has 0 aliphatic heterocycles. The Kier molecular flexibility index (Phi) is 2.17. The number of benzene rings is 2. The molecule has 0 saturated carbocycles. The molecule has 2 aromatic rings. The van der Waals surface area contributed by atoms with Crippen molar-refractivity contribution in [3.8, 4) is 0 Å². The third kappa shape index (κ3) is 1.28. The Morgan fingerprint density at radius 1 is 0.875 bits per heavy atom. The monoisotopic (exact) mass is 304 g/mol. The maximum Gasteiger partial charge on any atom is 0.0650 e. The molecule has 0 saturated heterocycles. The van der Waals surface area contributed by atoms with Crippen LogP contribution in [0, 0.1) is 0 Å². The third-order valence-electron chi connectivity index (χ3n) is 5.89. The summed E-state index contributed by atoms with van der Waals surface area (Å²) in [5.74, 6) is 0. The van der Waals surface area contributed by atoms with Gasteiger partial charge in [0.15, 0.2) is 0 Å². The van der Waals surface area contributed by atoms with E-state index in [-0.39, 0.29) is 5.41 Å². The van der Waals surface area contributed by atoms with E-state index >= 15 is 0 Å².